The molecule has 1 unspecified atom stereocenters. The molecule has 0 spiro atoms. The highest BCUT2D eigenvalue weighted by molar-refractivity contribution is 7.90. The van der Waals surface area contributed by atoms with Crippen LogP contribution in [0, 0.1) is 0 Å². The molecule has 0 radical (unpaired) electrons. The maximum Gasteiger partial charge on any atom is 0.163 e. The zero-order valence-electron chi connectivity index (χ0n) is 8.77. The lowest BCUT2D eigenvalue weighted by atomic mass is 10.1. The van der Waals surface area contributed by atoms with Crippen molar-refractivity contribution in [2.45, 2.75) is 18.9 Å². The number of ketones is 1. The summed E-state index contributed by atoms with van der Waals surface area (Å²) in [4.78, 5) is 11.5. The SMILES string of the molecule is CS(=O)(=O)CCCC(=O)C1COCCO1. The largest absolute Gasteiger partial charge is 0.376 e. The molecule has 0 saturated carbocycles. The van der Waals surface area contributed by atoms with E-state index >= 15 is 0 Å². The Labute approximate surface area is 89.7 Å². The summed E-state index contributed by atoms with van der Waals surface area (Å²) < 4.78 is 31.9. The molecule has 88 valence electrons. The van der Waals surface area contributed by atoms with Gasteiger partial charge in [-0.2, -0.15) is 0 Å². The third kappa shape index (κ3) is 5.25. The van der Waals surface area contributed by atoms with Crippen molar-refractivity contribution in [1.82, 2.24) is 0 Å². The molecule has 0 aromatic carbocycles. The first-order valence-electron chi connectivity index (χ1n) is 4.89. The van der Waals surface area contributed by atoms with Gasteiger partial charge in [0.2, 0.25) is 0 Å². The summed E-state index contributed by atoms with van der Waals surface area (Å²) in [5.74, 6) is -0.0230. The fourth-order valence-electron chi connectivity index (χ4n) is 1.34. The van der Waals surface area contributed by atoms with Gasteiger partial charge in [-0.05, 0) is 6.42 Å². The zero-order chi connectivity index (χ0) is 11.3. The van der Waals surface area contributed by atoms with Gasteiger partial charge in [-0.1, -0.05) is 0 Å². The van der Waals surface area contributed by atoms with Gasteiger partial charge < -0.3 is 9.47 Å². The van der Waals surface area contributed by atoms with Gasteiger partial charge in [-0.15, -0.1) is 0 Å². The number of rotatable bonds is 5. The van der Waals surface area contributed by atoms with Gasteiger partial charge in [0.25, 0.3) is 0 Å². The van der Waals surface area contributed by atoms with Crippen molar-refractivity contribution in [3.05, 3.63) is 0 Å². The fourth-order valence-corrected chi connectivity index (χ4v) is 2.01. The number of hydrogen-bond acceptors (Lipinski definition) is 5. The minimum Gasteiger partial charge on any atom is -0.376 e. The molecule has 0 aromatic heterocycles. The third-order valence-corrected chi connectivity index (χ3v) is 3.14. The van der Waals surface area contributed by atoms with Crippen LogP contribution in [0.2, 0.25) is 0 Å². The number of hydrogen-bond donors (Lipinski definition) is 0. The highest BCUT2D eigenvalue weighted by Gasteiger charge is 2.22. The molecule has 15 heavy (non-hydrogen) atoms. The van der Waals surface area contributed by atoms with Gasteiger partial charge in [0.1, 0.15) is 15.9 Å². The van der Waals surface area contributed by atoms with Gasteiger partial charge in [0.15, 0.2) is 5.78 Å². The predicted octanol–water partition coefficient (Wildman–Crippen LogP) is -0.204. The summed E-state index contributed by atoms with van der Waals surface area (Å²) in [6.45, 7) is 1.24. The molecule has 1 heterocycles. The first-order valence-corrected chi connectivity index (χ1v) is 6.95. The lowest BCUT2D eigenvalue weighted by Crippen LogP contribution is -2.35. The molecule has 0 N–H and O–H groups in total. The monoisotopic (exact) mass is 236 g/mol. The second kappa shape index (κ2) is 5.58. The van der Waals surface area contributed by atoms with Crippen molar-refractivity contribution in [2.75, 3.05) is 31.8 Å². The fraction of sp³-hybridized carbons (Fsp3) is 0.889. The predicted molar refractivity (Wildman–Crippen MR) is 54.5 cm³/mol. The van der Waals surface area contributed by atoms with Crippen molar-refractivity contribution < 1.29 is 22.7 Å². The van der Waals surface area contributed by atoms with Crippen LogP contribution >= 0.6 is 0 Å². The average molecular weight is 236 g/mol. The van der Waals surface area contributed by atoms with E-state index < -0.39 is 15.9 Å². The van der Waals surface area contributed by atoms with Crippen LogP contribution in [0.1, 0.15) is 12.8 Å². The molecule has 1 aliphatic rings. The van der Waals surface area contributed by atoms with E-state index in [1.165, 1.54) is 0 Å². The van der Waals surface area contributed by atoms with Crippen molar-refractivity contribution in [3.8, 4) is 0 Å². The molecule has 0 aliphatic carbocycles. The zero-order valence-corrected chi connectivity index (χ0v) is 9.59. The Hall–Kier alpha value is -0.460. The summed E-state index contributed by atoms with van der Waals surface area (Å²) in [5.41, 5.74) is 0. The molecule has 5 nitrogen and oxygen atoms in total. The normalized spacial score (nSPS) is 22.6. The molecule has 1 fully saturated rings. The maximum absolute atomic E-state index is 11.5. The highest BCUT2D eigenvalue weighted by Crippen LogP contribution is 2.06. The second-order valence-corrected chi connectivity index (χ2v) is 5.89. The molecule has 1 saturated heterocycles. The van der Waals surface area contributed by atoms with Gasteiger partial charge in [0.05, 0.1) is 25.6 Å². The number of carbonyl (C=O) groups is 1. The Bertz CT molecular complexity index is 302. The van der Waals surface area contributed by atoms with Gasteiger partial charge >= 0.3 is 0 Å². The molecule has 6 heteroatoms. The second-order valence-electron chi connectivity index (χ2n) is 3.63. The third-order valence-electron chi connectivity index (χ3n) is 2.11. The molecule has 0 bridgehead atoms. The van der Waals surface area contributed by atoms with Gasteiger partial charge in [-0.25, -0.2) is 8.42 Å². The molecule has 0 amide bonds. The Kier molecular flexibility index (Phi) is 4.69. The van der Waals surface area contributed by atoms with Crippen LogP contribution in [0.4, 0.5) is 0 Å². The smallest absolute Gasteiger partial charge is 0.163 e. The topological polar surface area (TPSA) is 69.7 Å². The van der Waals surface area contributed by atoms with Crippen molar-refractivity contribution in [2.24, 2.45) is 0 Å². The van der Waals surface area contributed by atoms with Gasteiger partial charge in [-0.3, -0.25) is 4.79 Å². The Morgan fingerprint density at radius 1 is 1.40 bits per heavy atom. The van der Waals surface area contributed by atoms with Gasteiger partial charge in [0, 0.05) is 12.7 Å². The highest BCUT2D eigenvalue weighted by atomic mass is 32.2. The minimum absolute atomic E-state index is 0.0479. The summed E-state index contributed by atoms with van der Waals surface area (Å²) in [5, 5.41) is 0. The van der Waals surface area contributed by atoms with Crippen LogP contribution in [0.15, 0.2) is 0 Å². The maximum atomic E-state index is 11.5. The Balaban J connectivity index is 2.23. The summed E-state index contributed by atoms with van der Waals surface area (Å²) in [6.07, 6.45) is 1.26. The van der Waals surface area contributed by atoms with E-state index in [1.807, 2.05) is 0 Å². The van der Waals surface area contributed by atoms with Crippen LogP contribution in [0.3, 0.4) is 0 Å². The standard InChI is InChI=1S/C9H16O5S/c1-15(11,12)6-2-3-8(10)9-7-13-4-5-14-9/h9H,2-7H2,1H3. The molecule has 0 aromatic rings. The molecule has 1 rings (SSSR count). The lowest BCUT2D eigenvalue weighted by molar-refractivity contribution is -0.145. The quantitative estimate of drug-likeness (QED) is 0.661. The molecular weight excluding hydrogens is 220 g/mol. The van der Waals surface area contributed by atoms with Crippen LogP contribution in [0.25, 0.3) is 0 Å². The van der Waals surface area contributed by atoms with Crippen LogP contribution in [-0.4, -0.2) is 52.1 Å². The van der Waals surface area contributed by atoms with E-state index in [0.717, 1.165) is 6.26 Å². The van der Waals surface area contributed by atoms with Crippen molar-refractivity contribution >= 4 is 15.6 Å². The first-order chi connectivity index (χ1) is 6.99. The summed E-state index contributed by atoms with van der Waals surface area (Å²) in [7, 11) is -2.97. The van der Waals surface area contributed by atoms with E-state index in [-0.39, 0.29) is 24.6 Å². The number of sulfone groups is 1. The lowest BCUT2D eigenvalue weighted by Gasteiger charge is -2.21. The minimum atomic E-state index is -2.97. The van der Waals surface area contributed by atoms with E-state index in [0.29, 0.717) is 19.6 Å². The Morgan fingerprint density at radius 3 is 2.67 bits per heavy atom. The Morgan fingerprint density at radius 2 is 2.13 bits per heavy atom. The van der Waals surface area contributed by atoms with E-state index in [1.54, 1.807) is 0 Å². The molecular formula is C9H16O5S. The van der Waals surface area contributed by atoms with Crippen LogP contribution in [0.5, 0.6) is 0 Å². The average Bonchev–Trinajstić information content (AvgIpc) is 2.17. The summed E-state index contributed by atoms with van der Waals surface area (Å²) in [6, 6.07) is 0. The van der Waals surface area contributed by atoms with E-state index in [2.05, 4.69) is 0 Å². The van der Waals surface area contributed by atoms with Crippen molar-refractivity contribution in [3.63, 3.8) is 0 Å². The summed E-state index contributed by atoms with van der Waals surface area (Å²) >= 11 is 0. The van der Waals surface area contributed by atoms with Crippen LogP contribution in [-0.2, 0) is 24.1 Å². The van der Waals surface area contributed by atoms with Crippen LogP contribution < -0.4 is 0 Å². The number of carbonyl (C=O) groups excluding carboxylic acids is 1. The first kappa shape index (κ1) is 12.6. The van der Waals surface area contributed by atoms with Crippen molar-refractivity contribution in [1.29, 1.82) is 0 Å². The molecule has 1 aliphatic heterocycles. The number of Topliss-reactive ketones (excluding diaryl/α,β-unsaturated/α-hetero) is 1. The number of ether oxygens (including phenoxy) is 2. The molecule has 1 atom stereocenters. The van der Waals surface area contributed by atoms with E-state index in [4.69, 9.17) is 9.47 Å². The van der Waals surface area contributed by atoms with E-state index in [9.17, 15) is 13.2 Å².